The van der Waals surface area contributed by atoms with Crippen molar-refractivity contribution in [1.82, 2.24) is 0 Å². The maximum Gasteiger partial charge on any atom is 0.146 e. The van der Waals surface area contributed by atoms with E-state index in [1.54, 1.807) is 13.0 Å². The fraction of sp³-hybridized carbons (Fsp3) is 0.500. The largest absolute Gasteiger partial charge is 0.374 e. The van der Waals surface area contributed by atoms with Gasteiger partial charge in [0, 0.05) is 0 Å². The minimum absolute atomic E-state index is 0.810. The van der Waals surface area contributed by atoms with Crippen molar-refractivity contribution in [3.63, 3.8) is 0 Å². The number of aliphatic hydroxyl groups excluding tert-OH is 1. The SMILES string of the molecule is C/C=C/[C@@H](O)Cl. The van der Waals surface area contributed by atoms with E-state index in [4.69, 9.17) is 16.7 Å². The minimum atomic E-state index is -0.810. The third-order valence-electron chi connectivity index (χ3n) is 0.351. The Hall–Kier alpha value is -0.0100. The molecular formula is C4H7ClO. The predicted octanol–water partition coefficient (Wildman–Crippen LogP) is 1.12. The third-order valence-corrected chi connectivity index (χ3v) is 0.497. The van der Waals surface area contributed by atoms with Gasteiger partial charge in [0.1, 0.15) is 5.56 Å². The lowest BCUT2D eigenvalue weighted by molar-refractivity contribution is 0.303. The molecule has 0 saturated carbocycles. The lowest BCUT2D eigenvalue weighted by atomic mass is 10.6. The molecule has 0 spiro atoms. The molecule has 0 aromatic heterocycles. The first kappa shape index (κ1) is 5.99. The number of hydrogen-bond acceptors (Lipinski definition) is 1. The Balaban J connectivity index is 3.03. The lowest BCUT2D eigenvalue weighted by Crippen LogP contribution is -1.84. The van der Waals surface area contributed by atoms with E-state index >= 15 is 0 Å². The number of alkyl halides is 1. The first-order valence-corrected chi connectivity index (χ1v) is 2.16. The Morgan fingerprint density at radius 2 is 2.33 bits per heavy atom. The van der Waals surface area contributed by atoms with Crippen molar-refractivity contribution in [3.05, 3.63) is 12.2 Å². The van der Waals surface area contributed by atoms with Crippen LogP contribution >= 0.6 is 11.6 Å². The predicted molar refractivity (Wildman–Crippen MR) is 26.7 cm³/mol. The van der Waals surface area contributed by atoms with Crippen LogP contribution in [0.2, 0.25) is 0 Å². The first-order chi connectivity index (χ1) is 2.77. The van der Waals surface area contributed by atoms with Crippen LogP contribution in [0.1, 0.15) is 6.92 Å². The topological polar surface area (TPSA) is 20.2 Å². The molecule has 0 aromatic carbocycles. The second kappa shape index (κ2) is 3.19. The van der Waals surface area contributed by atoms with Crippen LogP contribution in [0.5, 0.6) is 0 Å². The lowest BCUT2D eigenvalue weighted by Gasteiger charge is -1.84. The van der Waals surface area contributed by atoms with Gasteiger partial charge in [0.05, 0.1) is 0 Å². The van der Waals surface area contributed by atoms with Gasteiger partial charge in [-0.1, -0.05) is 17.7 Å². The second-order valence-corrected chi connectivity index (χ2v) is 1.35. The van der Waals surface area contributed by atoms with Crippen molar-refractivity contribution in [2.24, 2.45) is 0 Å². The van der Waals surface area contributed by atoms with E-state index < -0.39 is 5.56 Å². The average Bonchev–Trinajstić information content (AvgIpc) is 1.35. The van der Waals surface area contributed by atoms with Gasteiger partial charge >= 0.3 is 0 Å². The smallest absolute Gasteiger partial charge is 0.146 e. The molecule has 0 aliphatic heterocycles. The van der Waals surface area contributed by atoms with Gasteiger partial charge in [-0.2, -0.15) is 0 Å². The van der Waals surface area contributed by atoms with E-state index in [9.17, 15) is 0 Å². The molecule has 1 atom stereocenters. The number of hydrogen-bond donors (Lipinski definition) is 1. The third kappa shape index (κ3) is 3.99. The highest BCUT2D eigenvalue weighted by Gasteiger charge is 1.81. The fourth-order valence-corrected chi connectivity index (χ4v) is 0.304. The summed E-state index contributed by atoms with van der Waals surface area (Å²) in [5.41, 5.74) is -0.810. The molecule has 36 valence electrons. The van der Waals surface area contributed by atoms with Crippen LogP contribution < -0.4 is 0 Å². The molecule has 0 heterocycles. The summed E-state index contributed by atoms with van der Waals surface area (Å²) in [4.78, 5) is 0. The van der Waals surface area contributed by atoms with Crippen molar-refractivity contribution in [1.29, 1.82) is 0 Å². The van der Waals surface area contributed by atoms with Crippen LogP contribution in [0, 0.1) is 0 Å². The molecule has 0 bridgehead atoms. The van der Waals surface area contributed by atoms with Gasteiger partial charge in [-0.25, -0.2) is 0 Å². The van der Waals surface area contributed by atoms with Crippen molar-refractivity contribution < 1.29 is 5.11 Å². The first-order valence-electron chi connectivity index (χ1n) is 1.72. The Morgan fingerprint density at radius 3 is 2.33 bits per heavy atom. The number of aliphatic hydroxyl groups is 1. The van der Waals surface area contributed by atoms with E-state index in [1.165, 1.54) is 6.08 Å². The second-order valence-electron chi connectivity index (χ2n) is 0.898. The van der Waals surface area contributed by atoms with Gasteiger partial charge in [-0.15, -0.1) is 0 Å². The minimum Gasteiger partial charge on any atom is -0.374 e. The summed E-state index contributed by atoms with van der Waals surface area (Å²) >= 11 is 5.05. The van der Waals surface area contributed by atoms with Crippen LogP contribution in [0.3, 0.4) is 0 Å². The van der Waals surface area contributed by atoms with Gasteiger partial charge < -0.3 is 5.11 Å². The fourth-order valence-electron chi connectivity index (χ4n) is 0.159. The van der Waals surface area contributed by atoms with Gasteiger partial charge in [0.25, 0.3) is 0 Å². The van der Waals surface area contributed by atoms with E-state index in [-0.39, 0.29) is 0 Å². The Kier molecular flexibility index (Phi) is 3.19. The molecule has 0 rings (SSSR count). The maximum absolute atomic E-state index is 8.23. The standard InChI is InChI=1S/C4H7ClO/c1-2-3-4(5)6/h2-4,6H,1H3/b3-2+/t4-/m1/s1. The van der Waals surface area contributed by atoms with Crippen molar-refractivity contribution in [3.8, 4) is 0 Å². The van der Waals surface area contributed by atoms with E-state index in [0.717, 1.165) is 0 Å². The van der Waals surface area contributed by atoms with Crippen molar-refractivity contribution in [2.45, 2.75) is 12.5 Å². The molecule has 0 aliphatic carbocycles. The molecule has 0 radical (unpaired) electrons. The highest BCUT2D eigenvalue weighted by Crippen LogP contribution is 1.88. The highest BCUT2D eigenvalue weighted by atomic mass is 35.5. The molecular weight excluding hydrogens is 99.5 g/mol. The molecule has 6 heavy (non-hydrogen) atoms. The number of allylic oxidation sites excluding steroid dienone is 1. The zero-order valence-corrected chi connectivity index (χ0v) is 4.31. The Bertz CT molecular complexity index is 49.5. The average molecular weight is 107 g/mol. The summed E-state index contributed by atoms with van der Waals surface area (Å²) in [6, 6.07) is 0. The van der Waals surface area contributed by atoms with E-state index in [1.807, 2.05) is 0 Å². The summed E-state index contributed by atoms with van der Waals surface area (Å²) in [7, 11) is 0. The summed E-state index contributed by atoms with van der Waals surface area (Å²) in [5.74, 6) is 0. The quantitative estimate of drug-likeness (QED) is 0.392. The molecule has 0 aliphatic rings. The normalized spacial score (nSPS) is 15.8. The zero-order chi connectivity index (χ0) is 4.99. The van der Waals surface area contributed by atoms with Crippen LogP contribution in [0.4, 0.5) is 0 Å². The van der Waals surface area contributed by atoms with Gasteiger partial charge in [-0.3, -0.25) is 0 Å². The molecule has 1 nitrogen and oxygen atoms in total. The molecule has 1 N–H and O–H groups in total. The summed E-state index contributed by atoms with van der Waals surface area (Å²) in [6.45, 7) is 1.80. The van der Waals surface area contributed by atoms with Gasteiger partial charge in [0.15, 0.2) is 0 Å². The zero-order valence-electron chi connectivity index (χ0n) is 3.56. The summed E-state index contributed by atoms with van der Waals surface area (Å²) in [6.07, 6.45) is 3.18. The van der Waals surface area contributed by atoms with Crippen LogP contribution in [-0.2, 0) is 0 Å². The Labute approximate surface area is 42.2 Å². The number of rotatable bonds is 1. The maximum atomic E-state index is 8.23. The van der Waals surface area contributed by atoms with Crippen LogP contribution in [0.25, 0.3) is 0 Å². The summed E-state index contributed by atoms with van der Waals surface area (Å²) in [5, 5.41) is 8.23. The molecule has 2 heteroatoms. The monoisotopic (exact) mass is 106 g/mol. The summed E-state index contributed by atoms with van der Waals surface area (Å²) < 4.78 is 0. The van der Waals surface area contributed by atoms with Crippen LogP contribution in [-0.4, -0.2) is 10.7 Å². The molecule has 0 amide bonds. The number of halogens is 1. The van der Waals surface area contributed by atoms with Crippen molar-refractivity contribution >= 4 is 11.6 Å². The van der Waals surface area contributed by atoms with Crippen LogP contribution in [0.15, 0.2) is 12.2 Å². The molecule has 0 aromatic rings. The van der Waals surface area contributed by atoms with E-state index in [0.29, 0.717) is 0 Å². The molecule has 0 fully saturated rings. The molecule has 0 unspecified atom stereocenters. The molecule has 0 saturated heterocycles. The van der Waals surface area contributed by atoms with E-state index in [2.05, 4.69) is 0 Å². The van der Waals surface area contributed by atoms with Gasteiger partial charge in [-0.05, 0) is 13.0 Å². The highest BCUT2D eigenvalue weighted by molar-refractivity contribution is 6.20. The van der Waals surface area contributed by atoms with Crippen molar-refractivity contribution in [2.75, 3.05) is 0 Å². The Morgan fingerprint density at radius 1 is 1.83 bits per heavy atom. The van der Waals surface area contributed by atoms with Gasteiger partial charge in [0.2, 0.25) is 0 Å².